The Hall–Kier alpha value is -3.76. The summed E-state index contributed by atoms with van der Waals surface area (Å²) in [6, 6.07) is 5.38. The molecule has 240 valence electrons. The van der Waals surface area contributed by atoms with Crippen molar-refractivity contribution in [3.63, 3.8) is 0 Å². The molecule has 1 fully saturated rings. The SMILES string of the molecule is C[C@H](NC(=O)C(c1cnccc1C(F)(F)F)N(C(=O)[C@H]1C[C@@](C)(O)CN1)c1ccc(S(F)(F)(F)(F)F)cc1)c1ccccc1. The van der Waals surface area contributed by atoms with Gasteiger partial charge < -0.3 is 15.7 Å². The largest absolute Gasteiger partial charge is 0.416 e. The minimum atomic E-state index is -10.2. The number of alkyl halides is 3. The molecule has 1 aliphatic rings. The van der Waals surface area contributed by atoms with Crippen LogP contribution < -0.4 is 15.5 Å². The average Bonchev–Trinajstić information content (AvgIpc) is 3.29. The number of nitrogens with zero attached hydrogens (tertiary/aromatic N) is 2. The van der Waals surface area contributed by atoms with E-state index in [2.05, 4.69) is 15.6 Å². The van der Waals surface area contributed by atoms with E-state index >= 15 is 0 Å². The molecule has 7 nitrogen and oxygen atoms in total. The molecule has 0 radical (unpaired) electrons. The van der Waals surface area contributed by atoms with E-state index in [0.717, 1.165) is 6.20 Å². The quantitative estimate of drug-likeness (QED) is 0.232. The van der Waals surface area contributed by atoms with Gasteiger partial charge in [0.05, 0.1) is 23.2 Å². The van der Waals surface area contributed by atoms with Gasteiger partial charge >= 0.3 is 16.4 Å². The number of nitrogens with one attached hydrogen (secondary N) is 2. The number of aliphatic hydroxyl groups is 1. The normalized spacial score (nSPS) is 21.9. The average molecular weight is 653 g/mol. The van der Waals surface area contributed by atoms with Crippen molar-refractivity contribution in [1.29, 1.82) is 0 Å². The smallest absolute Gasteiger partial charge is 0.389 e. The summed E-state index contributed by atoms with van der Waals surface area (Å²) in [5, 5.41) is 15.7. The van der Waals surface area contributed by atoms with E-state index in [1.807, 2.05) is 0 Å². The molecule has 2 heterocycles. The summed E-state index contributed by atoms with van der Waals surface area (Å²) < 4.78 is 110. The molecule has 0 aliphatic carbocycles. The number of anilines is 1. The van der Waals surface area contributed by atoms with Gasteiger partial charge in [-0.25, -0.2) is 0 Å². The lowest BCUT2D eigenvalue weighted by molar-refractivity contribution is -0.139. The highest BCUT2D eigenvalue weighted by molar-refractivity contribution is 8.45. The molecule has 1 unspecified atom stereocenters. The van der Waals surface area contributed by atoms with Gasteiger partial charge in [0.15, 0.2) is 0 Å². The van der Waals surface area contributed by atoms with Crippen LogP contribution in [-0.4, -0.2) is 40.1 Å². The maximum Gasteiger partial charge on any atom is 0.416 e. The Morgan fingerprint density at radius 1 is 1.05 bits per heavy atom. The van der Waals surface area contributed by atoms with Crippen LogP contribution in [0.25, 0.3) is 0 Å². The molecule has 3 N–H and O–H groups in total. The Kier molecular flexibility index (Phi) is 8.06. The van der Waals surface area contributed by atoms with Gasteiger partial charge in [-0.3, -0.25) is 19.5 Å². The first kappa shape index (κ1) is 33.1. The number of aromatic nitrogens is 1. The second kappa shape index (κ2) is 10.7. The summed E-state index contributed by atoms with van der Waals surface area (Å²) in [7, 11) is -10.2. The number of benzene rings is 2. The van der Waals surface area contributed by atoms with Gasteiger partial charge in [0.25, 0.3) is 0 Å². The van der Waals surface area contributed by atoms with Crippen LogP contribution in [0.5, 0.6) is 0 Å². The highest BCUT2D eigenvalue weighted by Gasteiger charge is 2.65. The molecule has 1 aliphatic heterocycles. The van der Waals surface area contributed by atoms with Crippen molar-refractivity contribution in [2.45, 2.75) is 55.1 Å². The van der Waals surface area contributed by atoms with Crippen molar-refractivity contribution in [1.82, 2.24) is 15.6 Å². The number of rotatable bonds is 8. The van der Waals surface area contributed by atoms with Gasteiger partial charge in [0.2, 0.25) is 11.8 Å². The van der Waals surface area contributed by atoms with E-state index in [1.54, 1.807) is 30.3 Å². The lowest BCUT2D eigenvalue weighted by Crippen LogP contribution is -2.50. The van der Waals surface area contributed by atoms with Crippen LogP contribution in [0, 0.1) is 0 Å². The maximum absolute atomic E-state index is 14.2. The van der Waals surface area contributed by atoms with Gasteiger partial charge in [-0.1, -0.05) is 49.8 Å². The minimum absolute atomic E-state index is 0.00905. The van der Waals surface area contributed by atoms with Gasteiger partial charge in [-0.2, -0.15) is 13.2 Å². The fourth-order valence-electron chi connectivity index (χ4n) is 4.93. The molecule has 0 spiro atoms. The molecule has 16 heteroatoms. The van der Waals surface area contributed by atoms with Crippen LogP contribution >= 0.6 is 10.2 Å². The second-order valence-corrected chi connectivity index (χ2v) is 13.2. The summed E-state index contributed by atoms with van der Waals surface area (Å²) >= 11 is 0. The molecule has 4 atom stereocenters. The molecular formula is C28H28F8N4O3S. The number of amides is 2. The van der Waals surface area contributed by atoms with Crippen molar-refractivity contribution in [2.24, 2.45) is 0 Å². The number of carbonyl (C=O) groups is 2. The summed E-state index contributed by atoms with van der Waals surface area (Å²) in [6.07, 6.45) is -3.85. The Balaban J connectivity index is 1.92. The third-order valence-electron chi connectivity index (χ3n) is 7.09. The molecule has 0 saturated carbocycles. The number of hydrogen-bond donors (Lipinski definition) is 3. The van der Waals surface area contributed by atoms with Gasteiger partial charge in [0.1, 0.15) is 10.9 Å². The Morgan fingerprint density at radius 2 is 1.66 bits per heavy atom. The number of hydrogen-bond acceptors (Lipinski definition) is 5. The summed E-state index contributed by atoms with van der Waals surface area (Å²) in [4.78, 5) is 29.8. The summed E-state index contributed by atoms with van der Waals surface area (Å²) in [6.45, 7) is 2.75. The topological polar surface area (TPSA) is 94.6 Å². The zero-order valence-corrected chi connectivity index (χ0v) is 24.0. The Labute approximate surface area is 247 Å². The Morgan fingerprint density at radius 3 is 2.18 bits per heavy atom. The van der Waals surface area contributed by atoms with Crippen LogP contribution in [-0.2, 0) is 15.8 Å². The van der Waals surface area contributed by atoms with Crippen LogP contribution in [0.15, 0.2) is 78.0 Å². The number of carbonyl (C=O) groups excluding carboxylic acids is 2. The zero-order chi connectivity index (χ0) is 32.8. The van der Waals surface area contributed by atoms with Gasteiger partial charge in [0, 0.05) is 36.6 Å². The molecule has 44 heavy (non-hydrogen) atoms. The number of pyridine rings is 1. The lowest BCUT2D eigenvalue weighted by Gasteiger charge is -2.41. The number of halogens is 8. The summed E-state index contributed by atoms with van der Waals surface area (Å²) in [5.74, 6) is -2.28. The third-order valence-corrected chi connectivity index (χ3v) is 8.25. The fourth-order valence-corrected chi connectivity index (χ4v) is 5.59. The van der Waals surface area contributed by atoms with E-state index in [-0.39, 0.29) is 25.1 Å². The van der Waals surface area contributed by atoms with Crippen molar-refractivity contribution in [2.75, 3.05) is 11.4 Å². The van der Waals surface area contributed by atoms with E-state index in [4.69, 9.17) is 0 Å². The standard InChI is InChI=1S/C28H28F8N4O3S/c1-17(18-6-4-3-5-7-18)39-25(41)24(21-15-37-13-12-22(21)28(29,30)31)40(26(42)23-14-27(2,43)16-38-23)19-8-10-20(11-9-19)44(32,33,34,35)36/h3-13,15,17,23-24,38,43H,14,16H2,1-2H3,(H,39,41)/t17-,23+,24?,27+/m0/s1. The fraction of sp³-hybridized carbons (Fsp3) is 0.321. The molecular weight excluding hydrogens is 624 g/mol. The van der Waals surface area contributed by atoms with Crippen molar-refractivity contribution in [3.05, 3.63) is 89.7 Å². The molecule has 1 aromatic heterocycles. The highest BCUT2D eigenvalue weighted by atomic mass is 32.5. The first-order valence-corrected chi connectivity index (χ1v) is 15.0. The first-order chi connectivity index (χ1) is 20.1. The molecule has 4 rings (SSSR count). The molecule has 2 aromatic carbocycles. The first-order valence-electron chi connectivity index (χ1n) is 13.1. The molecule has 1 saturated heterocycles. The van der Waals surface area contributed by atoms with Crippen LogP contribution in [0.3, 0.4) is 0 Å². The van der Waals surface area contributed by atoms with Crippen LogP contribution in [0.4, 0.5) is 38.3 Å². The molecule has 3 aromatic rings. The monoisotopic (exact) mass is 652 g/mol. The van der Waals surface area contributed by atoms with Gasteiger partial charge in [-0.15, -0.1) is 0 Å². The molecule has 2 amide bonds. The summed E-state index contributed by atoms with van der Waals surface area (Å²) in [5.41, 5.74) is -3.70. The zero-order valence-electron chi connectivity index (χ0n) is 23.2. The number of β-amino-alcohol motifs (C(OH)–C–C–N with tert-alkyl or cyclic N) is 1. The lowest BCUT2D eigenvalue weighted by atomic mass is 9.96. The third kappa shape index (κ3) is 7.47. The van der Waals surface area contributed by atoms with E-state index in [9.17, 15) is 47.3 Å². The highest BCUT2D eigenvalue weighted by Crippen LogP contribution is 3.02. The van der Waals surface area contributed by atoms with Crippen LogP contribution in [0.1, 0.15) is 49.0 Å². The van der Waals surface area contributed by atoms with Crippen molar-refractivity contribution < 1.29 is 47.3 Å². The second-order valence-electron chi connectivity index (χ2n) is 10.8. The predicted molar refractivity (Wildman–Crippen MR) is 147 cm³/mol. The van der Waals surface area contributed by atoms with Crippen molar-refractivity contribution in [3.8, 4) is 0 Å². The van der Waals surface area contributed by atoms with Crippen molar-refractivity contribution >= 4 is 27.7 Å². The van der Waals surface area contributed by atoms with Crippen LogP contribution in [0.2, 0.25) is 0 Å². The minimum Gasteiger partial charge on any atom is -0.389 e. The maximum atomic E-state index is 14.2. The van der Waals surface area contributed by atoms with E-state index in [0.29, 0.717) is 34.9 Å². The van der Waals surface area contributed by atoms with E-state index < -0.39 is 73.7 Å². The van der Waals surface area contributed by atoms with E-state index in [1.165, 1.54) is 13.8 Å². The Bertz CT molecular complexity index is 1540. The predicted octanol–water partition coefficient (Wildman–Crippen LogP) is 6.82. The molecule has 0 bridgehead atoms. The van der Waals surface area contributed by atoms with Gasteiger partial charge in [-0.05, 0) is 49.7 Å².